The molecule has 1 N–H and O–H groups in total. The molecule has 0 aromatic heterocycles. The van der Waals surface area contributed by atoms with E-state index in [2.05, 4.69) is 11.0 Å². The molecule has 1 fully saturated rings. The van der Waals surface area contributed by atoms with E-state index in [-0.39, 0.29) is 0 Å². The van der Waals surface area contributed by atoms with Crippen LogP contribution in [0.4, 0.5) is 4.79 Å². The van der Waals surface area contributed by atoms with E-state index in [0.29, 0.717) is 13.1 Å². The Morgan fingerprint density at radius 3 is 2.67 bits per heavy atom. The average molecular weight is 250 g/mol. The first-order chi connectivity index (χ1) is 8.69. The van der Waals surface area contributed by atoms with Crippen molar-refractivity contribution in [1.29, 1.82) is 0 Å². The van der Waals surface area contributed by atoms with Crippen LogP contribution in [0.1, 0.15) is 5.56 Å². The largest absolute Gasteiger partial charge is 0.497 e. The first-order valence-corrected chi connectivity index (χ1v) is 6.02. The molecular formula is C13H18N2O3. The number of benzene rings is 1. The zero-order valence-electron chi connectivity index (χ0n) is 10.5. The lowest BCUT2D eigenvalue weighted by Gasteiger charge is -2.33. The molecule has 1 amide bonds. The standard InChI is InChI=1S/C13H18N2O3/c1-18-12-4-2-3-11(9-12)10-14-5-7-15(8-6-14)13(16)17/h2-4,9H,5-8,10H2,1H3,(H,16,17). The van der Waals surface area contributed by atoms with Crippen LogP contribution in [0.15, 0.2) is 24.3 Å². The second-order valence-electron chi connectivity index (χ2n) is 4.40. The first kappa shape index (κ1) is 12.7. The van der Waals surface area contributed by atoms with Crippen LogP contribution in [0.2, 0.25) is 0 Å². The summed E-state index contributed by atoms with van der Waals surface area (Å²) in [5.41, 5.74) is 1.19. The monoisotopic (exact) mass is 250 g/mol. The van der Waals surface area contributed by atoms with Crippen molar-refractivity contribution in [2.45, 2.75) is 6.54 Å². The molecule has 2 rings (SSSR count). The lowest BCUT2D eigenvalue weighted by atomic mass is 10.2. The fraction of sp³-hybridized carbons (Fsp3) is 0.462. The summed E-state index contributed by atoms with van der Waals surface area (Å²) in [5.74, 6) is 0.858. The van der Waals surface area contributed by atoms with E-state index in [4.69, 9.17) is 9.84 Å². The van der Waals surface area contributed by atoms with Gasteiger partial charge in [-0.05, 0) is 17.7 Å². The molecule has 0 unspecified atom stereocenters. The highest BCUT2D eigenvalue weighted by molar-refractivity contribution is 5.65. The Hall–Kier alpha value is -1.75. The van der Waals surface area contributed by atoms with Crippen molar-refractivity contribution in [2.75, 3.05) is 33.3 Å². The van der Waals surface area contributed by atoms with Crippen LogP contribution in [0.5, 0.6) is 5.75 Å². The molecule has 18 heavy (non-hydrogen) atoms. The number of rotatable bonds is 3. The molecule has 5 nitrogen and oxygen atoms in total. The molecule has 0 bridgehead atoms. The molecule has 0 atom stereocenters. The zero-order chi connectivity index (χ0) is 13.0. The molecule has 1 aliphatic rings. The second-order valence-corrected chi connectivity index (χ2v) is 4.40. The van der Waals surface area contributed by atoms with Gasteiger partial charge in [0.15, 0.2) is 0 Å². The van der Waals surface area contributed by atoms with Crippen LogP contribution in [-0.2, 0) is 6.54 Å². The predicted octanol–water partition coefficient (Wildman–Crippen LogP) is 1.49. The second kappa shape index (κ2) is 5.73. The predicted molar refractivity (Wildman–Crippen MR) is 67.9 cm³/mol. The van der Waals surface area contributed by atoms with Crippen molar-refractivity contribution < 1.29 is 14.6 Å². The van der Waals surface area contributed by atoms with Crippen LogP contribution in [0.3, 0.4) is 0 Å². The summed E-state index contributed by atoms with van der Waals surface area (Å²) in [6.07, 6.45) is -0.823. The van der Waals surface area contributed by atoms with Crippen LogP contribution in [-0.4, -0.2) is 54.3 Å². The summed E-state index contributed by atoms with van der Waals surface area (Å²) in [7, 11) is 1.66. The summed E-state index contributed by atoms with van der Waals surface area (Å²) in [5, 5.41) is 8.87. The smallest absolute Gasteiger partial charge is 0.407 e. The highest BCUT2D eigenvalue weighted by atomic mass is 16.5. The highest BCUT2D eigenvalue weighted by Gasteiger charge is 2.20. The molecular weight excluding hydrogens is 232 g/mol. The van der Waals surface area contributed by atoms with E-state index in [1.807, 2.05) is 18.2 Å². The lowest BCUT2D eigenvalue weighted by molar-refractivity contribution is 0.103. The summed E-state index contributed by atoms with van der Waals surface area (Å²) in [6, 6.07) is 7.98. The first-order valence-electron chi connectivity index (χ1n) is 6.02. The summed E-state index contributed by atoms with van der Waals surface area (Å²) >= 11 is 0. The quantitative estimate of drug-likeness (QED) is 0.883. The third-order valence-corrected chi connectivity index (χ3v) is 3.18. The maximum Gasteiger partial charge on any atom is 0.407 e. The number of hydrogen-bond donors (Lipinski definition) is 1. The summed E-state index contributed by atoms with van der Waals surface area (Å²) in [4.78, 5) is 14.5. The van der Waals surface area contributed by atoms with E-state index in [0.717, 1.165) is 25.4 Å². The fourth-order valence-electron chi connectivity index (χ4n) is 2.13. The third-order valence-electron chi connectivity index (χ3n) is 3.18. The van der Waals surface area contributed by atoms with Gasteiger partial charge in [0, 0.05) is 32.7 Å². The molecule has 1 aromatic rings. The number of nitrogens with zero attached hydrogens (tertiary/aromatic N) is 2. The molecule has 0 radical (unpaired) electrons. The van der Waals surface area contributed by atoms with Crippen LogP contribution in [0.25, 0.3) is 0 Å². The van der Waals surface area contributed by atoms with Gasteiger partial charge in [-0.15, -0.1) is 0 Å². The maximum atomic E-state index is 10.8. The Labute approximate surface area is 107 Å². The van der Waals surface area contributed by atoms with Gasteiger partial charge in [-0.25, -0.2) is 4.79 Å². The Bertz CT molecular complexity index is 414. The van der Waals surface area contributed by atoms with E-state index in [1.54, 1.807) is 7.11 Å². The number of piperazine rings is 1. The lowest BCUT2D eigenvalue weighted by Crippen LogP contribution is -2.47. The number of ether oxygens (including phenoxy) is 1. The maximum absolute atomic E-state index is 10.8. The van der Waals surface area contributed by atoms with Crippen LogP contribution >= 0.6 is 0 Å². The van der Waals surface area contributed by atoms with E-state index in [9.17, 15) is 4.79 Å². The number of carboxylic acid groups (broad SMARTS) is 1. The van der Waals surface area contributed by atoms with Gasteiger partial charge in [0.1, 0.15) is 5.75 Å². The average Bonchev–Trinajstić information content (AvgIpc) is 2.39. The van der Waals surface area contributed by atoms with Crippen LogP contribution < -0.4 is 4.74 Å². The Kier molecular flexibility index (Phi) is 4.04. The van der Waals surface area contributed by atoms with E-state index in [1.165, 1.54) is 10.5 Å². The van der Waals surface area contributed by atoms with Crippen molar-refractivity contribution in [3.8, 4) is 5.75 Å². The Balaban J connectivity index is 1.89. The third kappa shape index (κ3) is 3.13. The van der Waals surface area contributed by atoms with Crippen molar-refractivity contribution in [1.82, 2.24) is 9.80 Å². The minimum atomic E-state index is -0.823. The fourth-order valence-corrected chi connectivity index (χ4v) is 2.13. The molecule has 5 heteroatoms. The molecule has 0 aliphatic carbocycles. The highest BCUT2D eigenvalue weighted by Crippen LogP contribution is 2.15. The molecule has 0 spiro atoms. The van der Waals surface area contributed by atoms with Gasteiger partial charge in [-0.1, -0.05) is 12.1 Å². The molecule has 98 valence electrons. The molecule has 1 aromatic carbocycles. The van der Waals surface area contributed by atoms with E-state index < -0.39 is 6.09 Å². The topological polar surface area (TPSA) is 53.0 Å². The van der Waals surface area contributed by atoms with Gasteiger partial charge in [0.05, 0.1) is 7.11 Å². The van der Waals surface area contributed by atoms with Gasteiger partial charge < -0.3 is 14.7 Å². The van der Waals surface area contributed by atoms with Crippen molar-refractivity contribution in [3.63, 3.8) is 0 Å². The van der Waals surface area contributed by atoms with Gasteiger partial charge in [0.25, 0.3) is 0 Å². The van der Waals surface area contributed by atoms with Gasteiger partial charge in [-0.2, -0.15) is 0 Å². The van der Waals surface area contributed by atoms with Crippen molar-refractivity contribution in [2.24, 2.45) is 0 Å². The summed E-state index contributed by atoms with van der Waals surface area (Å²) in [6.45, 7) is 3.57. The number of amides is 1. The Morgan fingerprint density at radius 2 is 2.06 bits per heavy atom. The number of carbonyl (C=O) groups is 1. The number of hydrogen-bond acceptors (Lipinski definition) is 3. The Morgan fingerprint density at radius 1 is 1.33 bits per heavy atom. The minimum Gasteiger partial charge on any atom is -0.497 e. The SMILES string of the molecule is COc1cccc(CN2CCN(C(=O)O)CC2)c1. The normalized spacial score (nSPS) is 16.6. The zero-order valence-corrected chi connectivity index (χ0v) is 10.5. The minimum absolute atomic E-state index is 0.583. The molecule has 0 saturated carbocycles. The number of methoxy groups -OCH3 is 1. The summed E-state index contributed by atoms with van der Waals surface area (Å²) < 4.78 is 5.19. The van der Waals surface area contributed by atoms with E-state index >= 15 is 0 Å². The van der Waals surface area contributed by atoms with Crippen LogP contribution in [0, 0.1) is 0 Å². The van der Waals surface area contributed by atoms with Gasteiger partial charge in [-0.3, -0.25) is 4.90 Å². The van der Waals surface area contributed by atoms with Gasteiger partial charge in [0.2, 0.25) is 0 Å². The molecule has 1 saturated heterocycles. The molecule has 1 heterocycles. The van der Waals surface area contributed by atoms with Crippen molar-refractivity contribution in [3.05, 3.63) is 29.8 Å². The van der Waals surface area contributed by atoms with Gasteiger partial charge >= 0.3 is 6.09 Å². The molecule has 1 aliphatic heterocycles. The van der Waals surface area contributed by atoms with Crippen molar-refractivity contribution >= 4 is 6.09 Å².